The Balaban J connectivity index is 2.87. The number of para-hydroxylation sites is 1. The summed E-state index contributed by atoms with van der Waals surface area (Å²) in [6.07, 6.45) is -0.637. The van der Waals surface area contributed by atoms with Crippen molar-refractivity contribution in [3.05, 3.63) is 29.8 Å². The predicted octanol–water partition coefficient (Wildman–Crippen LogP) is 0.459. The van der Waals surface area contributed by atoms with Gasteiger partial charge in [0.2, 0.25) is 5.91 Å². The Kier molecular flexibility index (Phi) is 4.21. The van der Waals surface area contributed by atoms with Gasteiger partial charge in [0.05, 0.1) is 11.3 Å². The maximum absolute atomic E-state index is 11.5. The van der Waals surface area contributed by atoms with Crippen molar-refractivity contribution < 1.29 is 19.5 Å². The topological polar surface area (TPSA) is 95.5 Å². The molecule has 0 saturated heterocycles. The lowest BCUT2D eigenvalue weighted by Crippen LogP contribution is -2.22. The van der Waals surface area contributed by atoms with E-state index >= 15 is 0 Å². The maximum Gasteiger partial charge on any atom is 0.312 e. The molecule has 0 aromatic heterocycles. The second-order valence-corrected chi connectivity index (χ2v) is 3.24. The number of carboxylic acid groups (broad SMARTS) is 1. The van der Waals surface area contributed by atoms with E-state index in [0.29, 0.717) is 0 Å². The van der Waals surface area contributed by atoms with Crippen LogP contribution in [-0.2, 0) is 9.59 Å². The van der Waals surface area contributed by atoms with E-state index in [1.165, 1.54) is 19.2 Å². The number of carbonyl (C=O) groups is 3. The first-order chi connectivity index (χ1) is 8.04. The van der Waals surface area contributed by atoms with Crippen LogP contribution in [0.4, 0.5) is 5.69 Å². The van der Waals surface area contributed by atoms with E-state index in [0.717, 1.165) is 0 Å². The number of benzene rings is 1. The molecule has 0 fully saturated rings. The van der Waals surface area contributed by atoms with Gasteiger partial charge in [-0.25, -0.2) is 0 Å². The number of carboxylic acids is 1. The molecule has 0 aliphatic rings. The van der Waals surface area contributed by atoms with Gasteiger partial charge in [0, 0.05) is 7.05 Å². The lowest BCUT2D eigenvalue weighted by Gasteiger charge is -2.08. The van der Waals surface area contributed by atoms with E-state index in [2.05, 4.69) is 10.6 Å². The van der Waals surface area contributed by atoms with Crippen LogP contribution < -0.4 is 10.6 Å². The lowest BCUT2D eigenvalue weighted by atomic mass is 10.1. The van der Waals surface area contributed by atoms with Gasteiger partial charge in [0.15, 0.2) is 0 Å². The van der Waals surface area contributed by atoms with Gasteiger partial charge >= 0.3 is 5.97 Å². The van der Waals surface area contributed by atoms with Crippen molar-refractivity contribution in [1.29, 1.82) is 0 Å². The second kappa shape index (κ2) is 5.64. The smallest absolute Gasteiger partial charge is 0.312 e. The van der Waals surface area contributed by atoms with Crippen LogP contribution in [0.3, 0.4) is 0 Å². The Bertz CT molecular complexity index is 457. The monoisotopic (exact) mass is 236 g/mol. The number of hydrogen-bond acceptors (Lipinski definition) is 3. The minimum atomic E-state index is -1.22. The third kappa shape index (κ3) is 3.60. The van der Waals surface area contributed by atoms with Crippen LogP contribution in [0, 0.1) is 0 Å². The van der Waals surface area contributed by atoms with E-state index in [1.807, 2.05) is 0 Å². The van der Waals surface area contributed by atoms with Crippen molar-refractivity contribution in [3.63, 3.8) is 0 Å². The first-order valence-electron chi connectivity index (χ1n) is 4.87. The molecule has 6 heteroatoms. The highest BCUT2D eigenvalue weighted by molar-refractivity contribution is 6.06. The summed E-state index contributed by atoms with van der Waals surface area (Å²) in [6, 6.07) is 6.36. The van der Waals surface area contributed by atoms with Crippen LogP contribution in [0.1, 0.15) is 16.8 Å². The fraction of sp³-hybridized carbons (Fsp3) is 0.182. The lowest BCUT2D eigenvalue weighted by molar-refractivity contribution is -0.139. The maximum atomic E-state index is 11.5. The summed E-state index contributed by atoms with van der Waals surface area (Å²) in [4.78, 5) is 33.1. The predicted molar refractivity (Wildman–Crippen MR) is 60.7 cm³/mol. The van der Waals surface area contributed by atoms with Gasteiger partial charge < -0.3 is 15.7 Å². The number of rotatable bonds is 4. The molecule has 3 N–H and O–H groups in total. The highest BCUT2D eigenvalue weighted by atomic mass is 16.4. The first kappa shape index (κ1) is 12.7. The highest BCUT2D eigenvalue weighted by Crippen LogP contribution is 2.14. The molecule has 1 rings (SSSR count). The standard InChI is InChI=1S/C11H12N2O4/c1-12-11(17)7-4-2-3-5-8(7)13-9(14)6-10(15)16/h2-5H,6H2,1H3,(H,12,17)(H,13,14)(H,15,16). The molecular formula is C11H12N2O4. The molecule has 0 spiro atoms. The Hall–Kier alpha value is -2.37. The van der Waals surface area contributed by atoms with Crippen LogP contribution in [0.2, 0.25) is 0 Å². The molecular weight excluding hydrogens is 224 g/mol. The van der Waals surface area contributed by atoms with E-state index in [9.17, 15) is 14.4 Å². The van der Waals surface area contributed by atoms with Gasteiger partial charge in [-0.15, -0.1) is 0 Å². The molecule has 0 aliphatic heterocycles. The van der Waals surface area contributed by atoms with E-state index in [4.69, 9.17) is 5.11 Å². The average Bonchev–Trinajstić information content (AvgIpc) is 2.27. The first-order valence-corrected chi connectivity index (χ1v) is 4.87. The Morgan fingerprint density at radius 3 is 2.47 bits per heavy atom. The van der Waals surface area contributed by atoms with Crippen LogP contribution in [-0.4, -0.2) is 29.9 Å². The van der Waals surface area contributed by atoms with E-state index < -0.39 is 18.3 Å². The molecule has 0 bridgehead atoms. The highest BCUT2D eigenvalue weighted by Gasteiger charge is 2.13. The van der Waals surface area contributed by atoms with Crippen molar-refractivity contribution in [2.75, 3.05) is 12.4 Å². The SMILES string of the molecule is CNC(=O)c1ccccc1NC(=O)CC(=O)O. The zero-order chi connectivity index (χ0) is 12.8. The normalized spacial score (nSPS) is 9.47. The fourth-order valence-corrected chi connectivity index (χ4v) is 1.26. The summed E-state index contributed by atoms with van der Waals surface area (Å²) in [5, 5.41) is 13.3. The summed E-state index contributed by atoms with van der Waals surface area (Å²) in [6.45, 7) is 0. The summed E-state index contributed by atoms with van der Waals surface area (Å²) in [7, 11) is 1.47. The molecule has 1 aromatic carbocycles. The molecule has 0 radical (unpaired) electrons. The van der Waals surface area contributed by atoms with Crippen LogP contribution >= 0.6 is 0 Å². The quantitative estimate of drug-likeness (QED) is 0.662. The van der Waals surface area contributed by atoms with Crippen molar-refractivity contribution in [2.24, 2.45) is 0 Å². The average molecular weight is 236 g/mol. The minimum Gasteiger partial charge on any atom is -0.481 e. The van der Waals surface area contributed by atoms with Gasteiger partial charge in [-0.1, -0.05) is 12.1 Å². The zero-order valence-electron chi connectivity index (χ0n) is 9.19. The molecule has 90 valence electrons. The van der Waals surface area contributed by atoms with Gasteiger partial charge in [-0.05, 0) is 12.1 Å². The van der Waals surface area contributed by atoms with Gasteiger partial charge in [0.25, 0.3) is 5.91 Å². The summed E-state index contributed by atoms with van der Waals surface area (Å²) in [5.41, 5.74) is 0.576. The Morgan fingerprint density at radius 2 is 1.88 bits per heavy atom. The fourth-order valence-electron chi connectivity index (χ4n) is 1.26. The minimum absolute atomic E-state index is 0.286. The largest absolute Gasteiger partial charge is 0.481 e. The van der Waals surface area contributed by atoms with Gasteiger partial charge in [-0.2, -0.15) is 0 Å². The summed E-state index contributed by atoms with van der Waals surface area (Å²) in [5.74, 6) is -2.25. The van der Waals surface area contributed by atoms with Crippen molar-refractivity contribution in [1.82, 2.24) is 5.32 Å². The van der Waals surface area contributed by atoms with E-state index in [-0.39, 0.29) is 17.2 Å². The van der Waals surface area contributed by atoms with Crippen LogP contribution in [0.5, 0.6) is 0 Å². The molecule has 0 atom stereocenters. The van der Waals surface area contributed by atoms with Crippen molar-refractivity contribution in [3.8, 4) is 0 Å². The Morgan fingerprint density at radius 1 is 1.24 bits per heavy atom. The molecule has 0 unspecified atom stereocenters. The van der Waals surface area contributed by atoms with Gasteiger partial charge in [-0.3, -0.25) is 14.4 Å². The third-order valence-electron chi connectivity index (χ3n) is 1.98. The third-order valence-corrected chi connectivity index (χ3v) is 1.98. The van der Waals surface area contributed by atoms with E-state index in [1.54, 1.807) is 12.1 Å². The van der Waals surface area contributed by atoms with Crippen molar-refractivity contribution >= 4 is 23.5 Å². The van der Waals surface area contributed by atoms with Gasteiger partial charge in [0.1, 0.15) is 6.42 Å². The number of amides is 2. The number of aliphatic carboxylic acids is 1. The molecule has 6 nitrogen and oxygen atoms in total. The molecule has 0 saturated carbocycles. The van der Waals surface area contributed by atoms with Crippen molar-refractivity contribution in [2.45, 2.75) is 6.42 Å². The second-order valence-electron chi connectivity index (χ2n) is 3.24. The molecule has 0 aliphatic carbocycles. The molecule has 2 amide bonds. The number of nitrogens with one attached hydrogen (secondary N) is 2. The number of hydrogen-bond donors (Lipinski definition) is 3. The zero-order valence-corrected chi connectivity index (χ0v) is 9.19. The number of carbonyl (C=O) groups excluding carboxylic acids is 2. The Labute approximate surface area is 97.6 Å². The molecule has 0 heterocycles. The molecule has 1 aromatic rings. The van der Waals surface area contributed by atoms with Crippen LogP contribution in [0.15, 0.2) is 24.3 Å². The summed E-state index contributed by atoms with van der Waals surface area (Å²) >= 11 is 0. The van der Waals surface area contributed by atoms with Crippen LogP contribution in [0.25, 0.3) is 0 Å². The molecule has 17 heavy (non-hydrogen) atoms. The summed E-state index contributed by atoms with van der Waals surface area (Å²) < 4.78 is 0. The number of anilines is 1.